The minimum atomic E-state index is -0.170. The quantitative estimate of drug-likeness (QED) is 0.328. The summed E-state index contributed by atoms with van der Waals surface area (Å²) < 4.78 is 6.80. The van der Waals surface area contributed by atoms with Gasteiger partial charge in [0.15, 0.2) is 11.6 Å². The molecule has 30 heavy (non-hydrogen) atoms. The second-order valence-electron chi connectivity index (χ2n) is 6.19. The predicted octanol–water partition coefficient (Wildman–Crippen LogP) is 5.76. The molecule has 1 aromatic heterocycles. The first-order chi connectivity index (χ1) is 14.7. The molecule has 0 fully saturated rings. The topological polar surface area (TPSA) is 79.9 Å². The lowest BCUT2D eigenvalue weighted by Crippen LogP contribution is -2.14. The summed E-state index contributed by atoms with van der Waals surface area (Å²) in [5.74, 6) is 1.93. The number of halogens is 1. The molecule has 3 aromatic carbocycles. The van der Waals surface area contributed by atoms with Crippen LogP contribution in [0.3, 0.4) is 0 Å². The first-order valence-electron chi connectivity index (χ1n) is 9.11. The lowest BCUT2D eigenvalue weighted by atomic mass is 10.2. The van der Waals surface area contributed by atoms with E-state index < -0.39 is 0 Å². The number of nitrogens with one attached hydrogen (secondary N) is 2. The first-order valence-corrected chi connectivity index (χ1v) is 10.9. The standard InChI is InChI=1S/C22H17BrN4O2S/c23-17-11-5-4-10-16(17)21-25-22(27-26-21)30-14-20(28)24-18-12-6-7-13-19(18)29-15-8-2-1-3-9-15/h1-13H,14H2,(H,24,28)(H,25,26,27). The Kier molecular flexibility index (Phi) is 6.46. The van der Waals surface area contributed by atoms with Gasteiger partial charge in [0.05, 0.1) is 11.4 Å². The number of aromatic nitrogens is 3. The van der Waals surface area contributed by atoms with Gasteiger partial charge < -0.3 is 10.1 Å². The Hall–Kier alpha value is -3.10. The van der Waals surface area contributed by atoms with Gasteiger partial charge in [-0.15, -0.1) is 5.10 Å². The monoisotopic (exact) mass is 480 g/mol. The third-order valence-electron chi connectivity index (χ3n) is 4.06. The number of amides is 1. The average molecular weight is 481 g/mol. The van der Waals surface area contributed by atoms with E-state index in [1.165, 1.54) is 11.8 Å². The zero-order chi connectivity index (χ0) is 20.8. The Morgan fingerprint density at radius 1 is 1.00 bits per heavy atom. The molecular weight excluding hydrogens is 464 g/mol. The van der Waals surface area contributed by atoms with Crippen LogP contribution >= 0.6 is 27.7 Å². The number of rotatable bonds is 7. The fourth-order valence-corrected chi connectivity index (χ4v) is 3.75. The SMILES string of the molecule is O=C(CSc1n[nH]c(-c2ccccc2Br)n1)Nc1ccccc1Oc1ccccc1. The third-order valence-corrected chi connectivity index (χ3v) is 5.60. The highest BCUT2D eigenvalue weighted by atomic mass is 79.9. The smallest absolute Gasteiger partial charge is 0.234 e. The minimum Gasteiger partial charge on any atom is -0.455 e. The number of carbonyl (C=O) groups excluding carboxylic acids is 1. The number of carbonyl (C=O) groups is 1. The highest BCUT2D eigenvalue weighted by Gasteiger charge is 2.12. The molecule has 1 heterocycles. The van der Waals surface area contributed by atoms with E-state index in [-0.39, 0.29) is 11.7 Å². The average Bonchev–Trinajstić information content (AvgIpc) is 3.24. The number of hydrogen-bond donors (Lipinski definition) is 2. The van der Waals surface area contributed by atoms with Gasteiger partial charge in [-0.05, 0) is 30.3 Å². The van der Waals surface area contributed by atoms with Gasteiger partial charge in [0.1, 0.15) is 5.75 Å². The molecule has 6 nitrogen and oxygen atoms in total. The summed E-state index contributed by atoms with van der Waals surface area (Å²) in [4.78, 5) is 16.9. The van der Waals surface area contributed by atoms with Gasteiger partial charge in [0.25, 0.3) is 0 Å². The van der Waals surface area contributed by atoms with Crippen LogP contribution in [0, 0.1) is 0 Å². The molecule has 150 valence electrons. The number of H-pyrrole nitrogens is 1. The van der Waals surface area contributed by atoms with Crippen LogP contribution in [0.25, 0.3) is 11.4 Å². The molecule has 0 bridgehead atoms. The van der Waals surface area contributed by atoms with Crippen molar-refractivity contribution in [2.45, 2.75) is 5.16 Å². The van der Waals surface area contributed by atoms with E-state index in [2.05, 4.69) is 36.4 Å². The summed E-state index contributed by atoms with van der Waals surface area (Å²) in [6.07, 6.45) is 0. The highest BCUT2D eigenvalue weighted by molar-refractivity contribution is 9.10. The van der Waals surface area contributed by atoms with E-state index in [1.807, 2.05) is 72.8 Å². The van der Waals surface area contributed by atoms with E-state index in [4.69, 9.17) is 4.74 Å². The zero-order valence-corrected chi connectivity index (χ0v) is 18.1. The molecule has 8 heteroatoms. The predicted molar refractivity (Wildman–Crippen MR) is 122 cm³/mol. The van der Waals surface area contributed by atoms with Gasteiger partial charge in [-0.25, -0.2) is 4.98 Å². The Labute approximate surface area is 186 Å². The molecule has 2 N–H and O–H groups in total. The minimum absolute atomic E-state index is 0.170. The normalized spacial score (nSPS) is 10.6. The summed E-state index contributed by atoms with van der Waals surface area (Å²) in [6.45, 7) is 0. The fourth-order valence-electron chi connectivity index (χ4n) is 2.68. The lowest BCUT2D eigenvalue weighted by Gasteiger charge is -2.11. The second kappa shape index (κ2) is 9.60. The van der Waals surface area contributed by atoms with Crippen LogP contribution in [0.5, 0.6) is 11.5 Å². The number of anilines is 1. The van der Waals surface area contributed by atoms with Crippen LogP contribution in [0.4, 0.5) is 5.69 Å². The Balaban J connectivity index is 1.38. The molecule has 0 spiro atoms. The largest absolute Gasteiger partial charge is 0.455 e. The number of benzene rings is 3. The van der Waals surface area contributed by atoms with Crippen molar-refractivity contribution in [3.63, 3.8) is 0 Å². The van der Waals surface area contributed by atoms with Gasteiger partial charge in [-0.1, -0.05) is 76.2 Å². The van der Waals surface area contributed by atoms with Crippen LogP contribution in [0.1, 0.15) is 0 Å². The second-order valence-corrected chi connectivity index (χ2v) is 7.99. The molecule has 4 aromatic rings. The molecule has 0 aliphatic heterocycles. The van der Waals surface area contributed by atoms with Crippen LogP contribution in [-0.2, 0) is 4.79 Å². The first kappa shape index (κ1) is 20.2. The van der Waals surface area contributed by atoms with E-state index in [0.717, 1.165) is 10.0 Å². The van der Waals surface area contributed by atoms with Crippen molar-refractivity contribution in [1.82, 2.24) is 15.2 Å². The molecule has 0 saturated carbocycles. The number of ether oxygens (including phenoxy) is 1. The maximum Gasteiger partial charge on any atom is 0.234 e. The van der Waals surface area contributed by atoms with Crippen molar-refractivity contribution in [2.75, 3.05) is 11.1 Å². The van der Waals surface area contributed by atoms with Crippen molar-refractivity contribution in [2.24, 2.45) is 0 Å². The summed E-state index contributed by atoms with van der Waals surface area (Å²) in [6, 6.07) is 24.5. The van der Waals surface area contributed by atoms with Crippen LogP contribution in [0.2, 0.25) is 0 Å². The summed E-state index contributed by atoms with van der Waals surface area (Å²) >= 11 is 4.76. The molecule has 1 amide bonds. The molecule has 0 saturated heterocycles. The van der Waals surface area contributed by atoms with Gasteiger partial charge in [-0.2, -0.15) is 0 Å². The summed E-state index contributed by atoms with van der Waals surface area (Å²) in [7, 11) is 0. The van der Waals surface area contributed by atoms with E-state index in [1.54, 1.807) is 6.07 Å². The maximum absolute atomic E-state index is 12.5. The van der Waals surface area contributed by atoms with Gasteiger partial charge in [0, 0.05) is 10.0 Å². The lowest BCUT2D eigenvalue weighted by molar-refractivity contribution is -0.113. The number of nitrogens with zero attached hydrogens (tertiary/aromatic N) is 2. The van der Waals surface area contributed by atoms with Crippen molar-refractivity contribution in [3.8, 4) is 22.9 Å². The maximum atomic E-state index is 12.5. The molecule has 0 radical (unpaired) electrons. The van der Waals surface area contributed by atoms with E-state index >= 15 is 0 Å². The zero-order valence-electron chi connectivity index (χ0n) is 15.7. The Morgan fingerprint density at radius 2 is 1.73 bits per heavy atom. The Morgan fingerprint density at radius 3 is 2.57 bits per heavy atom. The molecule has 0 atom stereocenters. The van der Waals surface area contributed by atoms with Crippen molar-refractivity contribution >= 4 is 39.3 Å². The highest BCUT2D eigenvalue weighted by Crippen LogP contribution is 2.30. The summed E-state index contributed by atoms with van der Waals surface area (Å²) in [5.41, 5.74) is 1.52. The van der Waals surface area contributed by atoms with Crippen molar-refractivity contribution in [1.29, 1.82) is 0 Å². The van der Waals surface area contributed by atoms with Crippen LogP contribution in [-0.4, -0.2) is 26.8 Å². The van der Waals surface area contributed by atoms with Crippen LogP contribution < -0.4 is 10.1 Å². The van der Waals surface area contributed by atoms with E-state index in [0.29, 0.717) is 28.2 Å². The van der Waals surface area contributed by atoms with Gasteiger partial charge >= 0.3 is 0 Å². The van der Waals surface area contributed by atoms with Crippen molar-refractivity contribution < 1.29 is 9.53 Å². The molecular formula is C22H17BrN4O2S. The van der Waals surface area contributed by atoms with Gasteiger partial charge in [0.2, 0.25) is 11.1 Å². The number of hydrogen-bond acceptors (Lipinski definition) is 5. The third kappa shape index (κ3) is 5.08. The number of aromatic amines is 1. The van der Waals surface area contributed by atoms with E-state index in [9.17, 15) is 4.79 Å². The molecule has 0 aliphatic rings. The molecule has 0 unspecified atom stereocenters. The fraction of sp³-hybridized carbons (Fsp3) is 0.0455. The molecule has 4 rings (SSSR count). The molecule has 0 aliphatic carbocycles. The number of thioether (sulfide) groups is 1. The summed E-state index contributed by atoms with van der Waals surface area (Å²) in [5, 5.41) is 10.5. The Bertz CT molecular complexity index is 1150. The number of para-hydroxylation sites is 3. The van der Waals surface area contributed by atoms with Crippen molar-refractivity contribution in [3.05, 3.63) is 83.3 Å². The van der Waals surface area contributed by atoms with Gasteiger partial charge in [-0.3, -0.25) is 9.89 Å². The van der Waals surface area contributed by atoms with Crippen LogP contribution in [0.15, 0.2) is 88.5 Å².